The monoisotopic (exact) mass is 528 g/mol. The molecule has 0 atom stereocenters. The minimum Gasteiger partial charge on any atom is -0.358 e. The van der Waals surface area contributed by atoms with E-state index in [0.29, 0.717) is 0 Å². The van der Waals surface area contributed by atoms with Crippen molar-refractivity contribution in [2.24, 2.45) is 0 Å². The summed E-state index contributed by atoms with van der Waals surface area (Å²) in [6.45, 7) is 2.12. The van der Waals surface area contributed by atoms with E-state index in [1.54, 1.807) is 0 Å². The zero-order chi connectivity index (χ0) is 17.3. The Labute approximate surface area is 177 Å². The third-order valence-electron chi connectivity index (χ3n) is 3.95. The average Bonchev–Trinajstić information content (AvgIpc) is 2.71. The summed E-state index contributed by atoms with van der Waals surface area (Å²) in [6.07, 6.45) is 0. The molecule has 0 bridgehead atoms. The fourth-order valence-electron chi connectivity index (χ4n) is 2.67. The Morgan fingerprint density at radius 2 is 0.963 bits per heavy atom. The Morgan fingerprint density at radius 1 is 0.519 bits per heavy atom. The van der Waals surface area contributed by atoms with Gasteiger partial charge in [0.05, 0.1) is 0 Å². The smallest absolute Gasteiger partial charge is 0.358 e. The van der Waals surface area contributed by atoms with E-state index in [2.05, 4.69) is 85.8 Å². The van der Waals surface area contributed by atoms with Crippen LogP contribution in [-0.4, -0.2) is 0 Å². The summed E-state index contributed by atoms with van der Waals surface area (Å²) in [4.78, 5) is 0. The molecule has 136 valence electrons. The largest absolute Gasteiger partial charge is 2.00 e. The molecule has 0 aliphatic carbocycles. The third-order valence-corrected chi connectivity index (χ3v) is 3.95. The molecule has 1 heteroatoms. The van der Waals surface area contributed by atoms with E-state index in [1.165, 1.54) is 27.8 Å². The zero-order valence-electron chi connectivity index (χ0n) is 15.7. The zero-order valence-corrected chi connectivity index (χ0v) is 18.3. The molecule has 0 aliphatic rings. The van der Waals surface area contributed by atoms with E-state index < -0.39 is 0 Å². The first-order chi connectivity index (χ1) is 12.3. The molecule has 0 heterocycles. The first kappa shape index (κ1) is 22.6. The van der Waals surface area contributed by atoms with Crippen LogP contribution in [0, 0.1) is 20.4 Å². The maximum atomic E-state index is 3.00. The molecular formula is C26H24Os. The molecule has 4 aromatic carbocycles. The van der Waals surface area contributed by atoms with Gasteiger partial charge in [0.25, 0.3) is 0 Å². The van der Waals surface area contributed by atoms with Gasteiger partial charge >= 0.3 is 19.8 Å². The van der Waals surface area contributed by atoms with E-state index in [9.17, 15) is 0 Å². The van der Waals surface area contributed by atoms with Crippen molar-refractivity contribution in [2.75, 3.05) is 0 Å². The maximum Gasteiger partial charge on any atom is 2.00 e. The predicted octanol–water partition coefficient (Wildman–Crippen LogP) is 7.26. The van der Waals surface area contributed by atoms with Gasteiger partial charge in [-0.3, -0.25) is 0 Å². The molecular weight excluding hydrogens is 503 g/mol. The van der Waals surface area contributed by atoms with Crippen LogP contribution in [0.15, 0.2) is 109 Å². The minimum absolute atomic E-state index is 0. The van der Waals surface area contributed by atoms with Gasteiger partial charge in [0.15, 0.2) is 0 Å². The SMILES string of the molecule is Cc1cccc(-c2ccccc2)c1.[CH3-].[Os+2].[c-]1ccc(-c2ccccc2)cc1. The van der Waals surface area contributed by atoms with E-state index in [1.807, 2.05) is 36.4 Å². The van der Waals surface area contributed by atoms with Crippen LogP contribution >= 0.6 is 0 Å². The fraction of sp³-hybridized carbons (Fsp3) is 0.0385. The van der Waals surface area contributed by atoms with Crippen LogP contribution in [0.5, 0.6) is 0 Å². The van der Waals surface area contributed by atoms with E-state index in [-0.39, 0.29) is 27.2 Å². The van der Waals surface area contributed by atoms with Crippen molar-refractivity contribution < 1.29 is 19.8 Å². The van der Waals surface area contributed by atoms with Gasteiger partial charge in [-0.15, -0.1) is 5.56 Å². The standard InChI is InChI=1S/C13H12.C12H9.CH3.Os/c1-11-6-5-9-13(10-11)12-7-3-2-4-8-12;1-3-7-11(8-4-1)12-9-5-2-6-10-12;;/h2-10H,1H3;1,3-10H;1H3;/q;2*-1;+2. The van der Waals surface area contributed by atoms with Crippen LogP contribution in [0.1, 0.15) is 5.56 Å². The Balaban J connectivity index is 0.000000252. The summed E-state index contributed by atoms with van der Waals surface area (Å²) >= 11 is 0. The molecule has 0 aliphatic heterocycles. The molecule has 0 unspecified atom stereocenters. The van der Waals surface area contributed by atoms with Gasteiger partial charge in [0.2, 0.25) is 0 Å². The van der Waals surface area contributed by atoms with Crippen molar-refractivity contribution >= 4 is 0 Å². The Hall–Kier alpha value is -2.48. The number of hydrogen-bond acceptors (Lipinski definition) is 0. The first-order valence-electron chi connectivity index (χ1n) is 8.46. The van der Waals surface area contributed by atoms with Crippen molar-refractivity contribution in [3.8, 4) is 22.3 Å². The molecule has 0 spiro atoms. The van der Waals surface area contributed by atoms with Gasteiger partial charge in [-0.05, 0) is 23.6 Å². The molecule has 0 N–H and O–H groups in total. The maximum absolute atomic E-state index is 3.00. The van der Waals surface area contributed by atoms with Crippen molar-refractivity contribution in [3.05, 3.63) is 128 Å². The quantitative estimate of drug-likeness (QED) is 0.241. The van der Waals surface area contributed by atoms with Gasteiger partial charge in [-0.1, -0.05) is 90.5 Å². The summed E-state index contributed by atoms with van der Waals surface area (Å²) in [5.74, 6) is 0. The van der Waals surface area contributed by atoms with Crippen LogP contribution in [0.3, 0.4) is 0 Å². The van der Waals surface area contributed by atoms with Crippen LogP contribution in [0.25, 0.3) is 22.3 Å². The number of benzene rings is 4. The molecule has 4 rings (SSSR count). The average molecular weight is 527 g/mol. The number of aryl methyl sites for hydroxylation is 1. The predicted molar refractivity (Wildman–Crippen MR) is 114 cm³/mol. The summed E-state index contributed by atoms with van der Waals surface area (Å²) in [5.41, 5.74) is 6.38. The van der Waals surface area contributed by atoms with Crippen LogP contribution in [0.4, 0.5) is 0 Å². The summed E-state index contributed by atoms with van der Waals surface area (Å²) in [6, 6.07) is 40.3. The van der Waals surface area contributed by atoms with Crippen molar-refractivity contribution in [3.63, 3.8) is 0 Å². The Morgan fingerprint density at radius 3 is 1.48 bits per heavy atom. The van der Waals surface area contributed by atoms with Crippen molar-refractivity contribution in [2.45, 2.75) is 6.92 Å². The second-order valence-corrected chi connectivity index (χ2v) is 5.89. The topological polar surface area (TPSA) is 0 Å². The Bertz CT molecular complexity index is 847. The summed E-state index contributed by atoms with van der Waals surface area (Å²) in [5, 5.41) is 0. The third kappa shape index (κ3) is 6.97. The molecule has 0 saturated carbocycles. The van der Waals surface area contributed by atoms with Gasteiger partial charge in [-0.25, -0.2) is 0 Å². The number of hydrogen-bond donors (Lipinski definition) is 0. The molecule has 0 aromatic heterocycles. The van der Waals surface area contributed by atoms with Crippen LogP contribution in [-0.2, 0) is 19.8 Å². The van der Waals surface area contributed by atoms with E-state index >= 15 is 0 Å². The molecule has 0 fully saturated rings. The number of rotatable bonds is 2. The molecule has 0 nitrogen and oxygen atoms in total. The van der Waals surface area contributed by atoms with Gasteiger partial charge in [0.1, 0.15) is 0 Å². The Kier molecular flexibility index (Phi) is 10.0. The first-order valence-corrected chi connectivity index (χ1v) is 8.46. The van der Waals surface area contributed by atoms with Crippen LogP contribution in [0.2, 0.25) is 0 Å². The minimum atomic E-state index is 0. The van der Waals surface area contributed by atoms with Gasteiger partial charge < -0.3 is 7.43 Å². The summed E-state index contributed by atoms with van der Waals surface area (Å²) in [7, 11) is 0. The second-order valence-electron chi connectivity index (χ2n) is 5.89. The van der Waals surface area contributed by atoms with Crippen molar-refractivity contribution in [1.29, 1.82) is 0 Å². The van der Waals surface area contributed by atoms with Crippen LogP contribution < -0.4 is 0 Å². The molecule has 0 amide bonds. The molecule has 0 radical (unpaired) electrons. The van der Waals surface area contributed by atoms with E-state index in [4.69, 9.17) is 0 Å². The van der Waals surface area contributed by atoms with Crippen molar-refractivity contribution in [1.82, 2.24) is 0 Å². The second kappa shape index (κ2) is 12.0. The summed E-state index contributed by atoms with van der Waals surface area (Å²) < 4.78 is 0. The van der Waals surface area contributed by atoms with E-state index in [0.717, 1.165) is 0 Å². The molecule has 27 heavy (non-hydrogen) atoms. The normalized spacial score (nSPS) is 9.07. The molecule has 0 saturated heterocycles. The van der Waals surface area contributed by atoms with Gasteiger partial charge in [0, 0.05) is 0 Å². The fourth-order valence-corrected chi connectivity index (χ4v) is 2.67. The molecule has 4 aromatic rings. The van der Waals surface area contributed by atoms with Gasteiger partial charge in [-0.2, -0.15) is 30.3 Å².